The van der Waals surface area contributed by atoms with Crippen LogP contribution in [0.5, 0.6) is 0 Å². The van der Waals surface area contributed by atoms with E-state index < -0.39 is 9.84 Å². The summed E-state index contributed by atoms with van der Waals surface area (Å²) in [5.74, 6) is 0.221. The van der Waals surface area contributed by atoms with Crippen molar-refractivity contribution in [3.8, 4) is 0 Å². The van der Waals surface area contributed by atoms with Crippen molar-refractivity contribution >= 4 is 15.7 Å². The molecule has 1 saturated heterocycles. The fourth-order valence-electron chi connectivity index (χ4n) is 2.80. The molecule has 5 heteroatoms. The van der Waals surface area contributed by atoms with Crippen LogP contribution in [-0.4, -0.2) is 43.3 Å². The Labute approximate surface area is 120 Å². The quantitative estimate of drug-likeness (QED) is 0.856. The van der Waals surface area contributed by atoms with Crippen LogP contribution in [0.1, 0.15) is 34.8 Å². The van der Waals surface area contributed by atoms with Gasteiger partial charge in [-0.3, -0.25) is 4.79 Å². The maximum Gasteiger partial charge on any atom is 0.254 e. The molecule has 0 aliphatic carbocycles. The van der Waals surface area contributed by atoms with Crippen molar-refractivity contribution in [2.24, 2.45) is 0 Å². The molecular formula is C15H21NO3S. The smallest absolute Gasteiger partial charge is 0.254 e. The fraction of sp³-hybridized carbons (Fsp3) is 0.533. The lowest BCUT2D eigenvalue weighted by molar-refractivity contribution is 0.0707. The van der Waals surface area contributed by atoms with E-state index in [0.717, 1.165) is 11.1 Å². The van der Waals surface area contributed by atoms with Gasteiger partial charge < -0.3 is 4.90 Å². The molecule has 110 valence electrons. The van der Waals surface area contributed by atoms with E-state index in [1.165, 1.54) is 0 Å². The van der Waals surface area contributed by atoms with Gasteiger partial charge in [-0.2, -0.15) is 0 Å². The van der Waals surface area contributed by atoms with Crippen molar-refractivity contribution in [2.45, 2.75) is 33.2 Å². The second kappa shape index (κ2) is 5.56. The molecule has 1 unspecified atom stereocenters. The Morgan fingerprint density at radius 2 is 2.05 bits per heavy atom. The first-order valence-electron chi connectivity index (χ1n) is 6.92. The topological polar surface area (TPSA) is 54.5 Å². The Balaban J connectivity index is 2.26. The summed E-state index contributed by atoms with van der Waals surface area (Å²) in [5, 5.41) is 0. The van der Waals surface area contributed by atoms with Gasteiger partial charge in [-0.25, -0.2) is 8.42 Å². The molecule has 1 amide bonds. The minimum atomic E-state index is -2.98. The normalized spacial score (nSPS) is 20.9. The van der Waals surface area contributed by atoms with Crippen LogP contribution in [0.4, 0.5) is 0 Å². The average molecular weight is 295 g/mol. The van der Waals surface area contributed by atoms with Crippen molar-refractivity contribution in [1.82, 2.24) is 4.90 Å². The second-order valence-electron chi connectivity index (χ2n) is 5.47. The van der Waals surface area contributed by atoms with Crippen molar-refractivity contribution in [1.29, 1.82) is 0 Å². The zero-order chi connectivity index (χ0) is 14.9. The van der Waals surface area contributed by atoms with Crippen molar-refractivity contribution in [2.75, 3.05) is 18.1 Å². The summed E-state index contributed by atoms with van der Waals surface area (Å²) in [6, 6.07) is 5.55. The van der Waals surface area contributed by atoms with Gasteiger partial charge in [-0.15, -0.1) is 0 Å². The molecule has 1 aromatic rings. The Hall–Kier alpha value is -1.36. The van der Waals surface area contributed by atoms with Crippen LogP contribution in [-0.2, 0) is 9.84 Å². The highest BCUT2D eigenvalue weighted by Crippen LogP contribution is 2.21. The number of benzene rings is 1. The molecule has 1 heterocycles. The predicted molar refractivity (Wildman–Crippen MR) is 79.7 cm³/mol. The summed E-state index contributed by atoms with van der Waals surface area (Å²) in [6.07, 6.45) is 0.548. The van der Waals surface area contributed by atoms with Crippen LogP contribution in [0.25, 0.3) is 0 Å². The summed E-state index contributed by atoms with van der Waals surface area (Å²) in [5.41, 5.74) is 2.72. The van der Waals surface area contributed by atoms with Crippen LogP contribution in [0.3, 0.4) is 0 Å². The van der Waals surface area contributed by atoms with E-state index in [9.17, 15) is 13.2 Å². The number of rotatable bonds is 3. The van der Waals surface area contributed by atoms with E-state index >= 15 is 0 Å². The lowest BCUT2D eigenvalue weighted by atomic mass is 10.0. The van der Waals surface area contributed by atoms with Gasteiger partial charge in [0.2, 0.25) is 0 Å². The zero-order valence-electron chi connectivity index (χ0n) is 12.2. The van der Waals surface area contributed by atoms with Gasteiger partial charge in [0.15, 0.2) is 9.84 Å². The molecule has 1 aromatic carbocycles. The lowest BCUT2D eigenvalue weighted by Gasteiger charge is -2.27. The molecule has 20 heavy (non-hydrogen) atoms. The SMILES string of the molecule is CCN(C(=O)c1ccc(C)cc1C)C1CCS(=O)(=O)C1. The van der Waals surface area contributed by atoms with Gasteiger partial charge in [0.25, 0.3) is 5.91 Å². The number of carbonyl (C=O) groups excluding carboxylic acids is 1. The zero-order valence-corrected chi connectivity index (χ0v) is 13.0. The molecule has 1 atom stereocenters. The van der Waals surface area contributed by atoms with Crippen LogP contribution in [0, 0.1) is 13.8 Å². The molecule has 1 aliphatic heterocycles. The molecule has 0 saturated carbocycles. The first kappa shape index (κ1) is 15.0. The molecule has 1 aliphatic rings. The van der Waals surface area contributed by atoms with Crippen LogP contribution in [0.15, 0.2) is 18.2 Å². The fourth-order valence-corrected chi connectivity index (χ4v) is 4.53. The van der Waals surface area contributed by atoms with E-state index in [0.29, 0.717) is 18.5 Å². The van der Waals surface area contributed by atoms with Crippen molar-refractivity contribution < 1.29 is 13.2 Å². The van der Waals surface area contributed by atoms with Gasteiger partial charge in [-0.05, 0) is 38.8 Å². The average Bonchev–Trinajstić information content (AvgIpc) is 2.70. The summed E-state index contributed by atoms with van der Waals surface area (Å²) in [6.45, 7) is 6.33. The Morgan fingerprint density at radius 1 is 1.35 bits per heavy atom. The van der Waals surface area contributed by atoms with Crippen LogP contribution in [0.2, 0.25) is 0 Å². The number of amides is 1. The summed E-state index contributed by atoms with van der Waals surface area (Å²) >= 11 is 0. The highest BCUT2D eigenvalue weighted by molar-refractivity contribution is 7.91. The predicted octanol–water partition coefficient (Wildman–Crippen LogP) is 1.95. The molecule has 0 spiro atoms. The number of nitrogens with zero attached hydrogens (tertiary/aromatic N) is 1. The molecule has 0 radical (unpaired) electrons. The third kappa shape index (κ3) is 3.03. The molecule has 0 N–H and O–H groups in total. The van der Waals surface area contributed by atoms with Crippen LogP contribution < -0.4 is 0 Å². The molecule has 0 bridgehead atoms. The number of sulfone groups is 1. The Kier molecular flexibility index (Phi) is 4.18. The Bertz CT molecular complexity index is 622. The van der Waals surface area contributed by atoms with E-state index in [1.807, 2.05) is 39.0 Å². The van der Waals surface area contributed by atoms with Crippen molar-refractivity contribution in [3.63, 3.8) is 0 Å². The number of carbonyl (C=O) groups is 1. The standard InChI is InChI=1S/C15H21NO3S/c1-4-16(13-7-8-20(18,19)10-13)15(17)14-6-5-11(2)9-12(14)3/h5-6,9,13H,4,7-8,10H2,1-3H3. The molecular weight excluding hydrogens is 274 g/mol. The first-order valence-corrected chi connectivity index (χ1v) is 8.75. The summed E-state index contributed by atoms with van der Waals surface area (Å²) in [7, 11) is -2.98. The molecule has 0 aromatic heterocycles. The summed E-state index contributed by atoms with van der Waals surface area (Å²) in [4.78, 5) is 14.3. The minimum absolute atomic E-state index is 0.0629. The Morgan fingerprint density at radius 3 is 2.55 bits per heavy atom. The third-order valence-corrected chi connectivity index (χ3v) is 5.61. The van der Waals surface area contributed by atoms with E-state index in [4.69, 9.17) is 0 Å². The third-order valence-electron chi connectivity index (χ3n) is 3.86. The van der Waals surface area contributed by atoms with Gasteiger partial charge in [0.1, 0.15) is 0 Å². The largest absolute Gasteiger partial charge is 0.335 e. The number of hydrogen-bond donors (Lipinski definition) is 0. The second-order valence-corrected chi connectivity index (χ2v) is 7.70. The highest BCUT2D eigenvalue weighted by Gasteiger charge is 2.34. The van der Waals surface area contributed by atoms with Gasteiger partial charge in [0, 0.05) is 18.2 Å². The molecule has 2 rings (SSSR count). The lowest BCUT2D eigenvalue weighted by Crippen LogP contribution is -2.41. The van der Waals surface area contributed by atoms with E-state index in [-0.39, 0.29) is 23.5 Å². The highest BCUT2D eigenvalue weighted by atomic mass is 32.2. The minimum Gasteiger partial charge on any atom is -0.335 e. The van der Waals surface area contributed by atoms with E-state index in [2.05, 4.69) is 0 Å². The monoisotopic (exact) mass is 295 g/mol. The molecule has 1 fully saturated rings. The van der Waals surface area contributed by atoms with E-state index in [1.54, 1.807) is 4.90 Å². The maximum absolute atomic E-state index is 12.6. The first-order chi connectivity index (χ1) is 9.34. The number of aryl methyl sites for hydroxylation is 2. The maximum atomic E-state index is 12.6. The number of hydrogen-bond acceptors (Lipinski definition) is 3. The van der Waals surface area contributed by atoms with Gasteiger partial charge in [-0.1, -0.05) is 17.7 Å². The molecule has 4 nitrogen and oxygen atoms in total. The van der Waals surface area contributed by atoms with Gasteiger partial charge in [0.05, 0.1) is 11.5 Å². The summed E-state index contributed by atoms with van der Waals surface area (Å²) < 4.78 is 23.2. The van der Waals surface area contributed by atoms with Crippen LogP contribution >= 0.6 is 0 Å². The van der Waals surface area contributed by atoms with Crippen molar-refractivity contribution in [3.05, 3.63) is 34.9 Å². The van der Waals surface area contributed by atoms with Gasteiger partial charge >= 0.3 is 0 Å².